The molecule has 0 saturated carbocycles. The van der Waals surface area contributed by atoms with E-state index in [1.807, 2.05) is 45.0 Å². The highest BCUT2D eigenvalue weighted by atomic mass is 16.6. The molecule has 1 aliphatic rings. The van der Waals surface area contributed by atoms with Crippen LogP contribution in [0.2, 0.25) is 0 Å². The number of hydrogen-bond acceptors (Lipinski definition) is 3. The van der Waals surface area contributed by atoms with Gasteiger partial charge in [0.25, 0.3) is 0 Å². The number of ether oxygens (including phenoxy) is 1. The van der Waals surface area contributed by atoms with Crippen molar-refractivity contribution in [2.75, 3.05) is 7.05 Å². The third kappa shape index (κ3) is 3.24. The first-order valence-electron chi connectivity index (χ1n) is 4.71. The van der Waals surface area contributed by atoms with E-state index in [-0.39, 0.29) is 5.97 Å². The van der Waals surface area contributed by atoms with Gasteiger partial charge in [-0.3, -0.25) is 0 Å². The first-order chi connectivity index (χ1) is 6.38. The quantitative estimate of drug-likeness (QED) is 0.600. The average Bonchev–Trinajstić information content (AvgIpc) is 2.01. The van der Waals surface area contributed by atoms with Crippen LogP contribution in [-0.2, 0) is 9.53 Å². The van der Waals surface area contributed by atoms with Gasteiger partial charge in [0.2, 0.25) is 0 Å². The summed E-state index contributed by atoms with van der Waals surface area (Å²) in [5.74, 6) is -0.228. The number of rotatable bonds is 1. The summed E-state index contributed by atoms with van der Waals surface area (Å²) in [6.45, 7) is 5.61. The van der Waals surface area contributed by atoms with Crippen LogP contribution in [-0.4, -0.2) is 23.5 Å². The summed E-state index contributed by atoms with van der Waals surface area (Å²) < 4.78 is 5.26. The molecule has 0 aromatic rings. The van der Waals surface area contributed by atoms with Crippen LogP contribution in [0.3, 0.4) is 0 Å². The predicted molar refractivity (Wildman–Crippen MR) is 55.4 cm³/mol. The normalized spacial score (nSPS) is 16.6. The standard InChI is InChI=1S/C11H17NO2/c1-11(2,3)14-10(13)9-6-5-7-12(4)8-9/h5,7-8H,6H2,1-4H3. The molecule has 1 heterocycles. The number of esters is 1. The van der Waals surface area contributed by atoms with Crippen LogP contribution in [0.15, 0.2) is 24.0 Å². The maximum absolute atomic E-state index is 11.6. The van der Waals surface area contributed by atoms with Crippen LogP contribution in [0, 0.1) is 0 Å². The van der Waals surface area contributed by atoms with Gasteiger partial charge in [-0.25, -0.2) is 4.79 Å². The fraction of sp³-hybridized carbons (Fsp3) is 0.545. The van der Waals surface area contributed by atoms with E-state index >= 15 is 0 Å². The molecular formula is C11H17NO2. The summed E-state index contributed by atoms with van der Waals surface area (Å²) in [6.07, 6.45) is 6.32. The van der Waals surface area contributed by atoms with Gasteiger partial charge in [0, 0.05) is 19.7 Å². The molecule has 0 aromatic carbocycles. The molecule has 0 bridgehead atoms. The molecule has 0 amide bonds. The van der Waals surface area contributed by atoms with Crippen molar-refractivity contribution in [2.24, 2.45) is 0 Å². The maximum atomic E-state index is 11.6. The van der Waals surface area contributed by atoms with Gasteiger partial charge >= 0.3 is 5.97 Å². The van der Waals surface area contributed by atoms with Crippen LogP contribution in [0.4, 0.5) is 0 Å². The molecule has 0 saturated heterocycles. The SMILES string of the molecule is CN1C=CCC(C(=O)OC(C)(C)C)=C1. The Bertz CT molecular complexity index is 284. The molecule has 0 atom stereocenters. The van der Waals surface area contributed by atoms with Crippen molar-refractivity contribution >= 4 is 5.97 Å². The number of carbonyl (C=O) groups is 1. The maximum Gasteiger partial charge on any atom is 0.336 e. The molecule has 0 spiro atoms. The van der Waals surface area contributed by atoms with E-state index in [0.29, 0.717) is 12.0 Å². The lowest BCUT2D eigenvalue weighted by atomic mass is 10.1. The Morgan fingerprint density at radius 2 is 2.14 bits per heavy atom. The van der Waals surface area contributed by atoms with Crippen molar-refractivity contribution < 1.29 is 9.53 Å². The van der Waals surface area contributed by atoms with Gasteiger partial charge in [0.15, 0.2) is 0 Å². The summed E-state index contributed by atoms with van der Waals surface area (Å²) >= 11 is 0. The molecule has 0 aromatic heterocycles. The minimum absolute atomic E-state index is 0.228. The smallest absolute Gasteiger partial charge is 0.336 e. The fourth-order valence-electron chi connectivity index (χ4n) is 1.17. The lowest BCUT2D eigenvalue weighted by Crippen LogP contribution is -2.26. The second-order valence-electron chi connectivity index (χ2n) is 4.41. The fourth-order valence-corrected chi connectivity index (χ4v) is 1.17. The first-order valence-corrected chi connectivity index (χ1v) is 4.71. The van der Waals surface area contributed by atoms with Crippen molar-refractivity contribution in [3.8, 4) is 0 Å². The Kier molecular flexibility index (Phi) is 2.99. The minimum atomic E-state index is -0.419. The van der Waals surface area contributed by atoms with E-state index in [1.165, 1.54) is 0 Å². The van der Waals surface area contributed by atoms with Crippen molar-refractivity contribution in [2.45, 2.75) is 32.8 Å². The molecule has 78 valence electrons. The zero-order valence-corrected chi connectivity index (χ0v) is 9.20. The van der Waals surface area contributed by atoms with E-state index < -0.39 is 5.60 Å². The van der Waals surface area contributed by atoms with Crippen molar-refractivity contribution in [3.63, 3.8) is 0 Å². The van der Waals surface area contributed by atoms with Crippen LogP contribution in [0.5, 0.6) is 0 Å². The van der Waals surface area contributed by atoms with Gasteiger partial charge in [-0.05, 0) is 27.0 Å². The summed E-state index contributed by atoms with van der Waals surface area (Å²) in [4.78, 5) is 13.5. The van der Waals surface area contributed by atoms with Crippen molar-refractivity contribution in [3.05, 3.63) is 24.0 Å². The molecule has 3 heteroatoms. The third-order valence-electron chi connectivity index (χ3n) is 1.70. The van der Waals surface area contributed by atoms with Crippen LogP contribution in [0.1, 0.15) is 27.2 Å². The highest BCUT2D eigenvalue weighted by Crippen LogP contribution is 2.16. The van der Waals surface area contributed by atoms with Gasteiger partial charge < -0.3 is 9.64 Å². The van der Waals surface area contributed by atoms with Gasteiger partial charge in [-0.1, -0.05) is 6.08 Å². The Labute approximate surface area is 85.0 Å². The molecule has 1 rings (SSSR count). The molecule has 0 N–H and O–H groups in total. The molecule has 0 aliphatic carbocycles. The number of allylic oxidation sites excluding steroid dienone is 1. The monoisotopic (exact) mass is 195 g/mol. The number of nitrogens with zero attached hydrogens (tertiary/aromatic N) is 1. The van der Waals surface area contributed by atoms with Crippen molar-refractivity contribution in [1.29, 1.82) is 0 Å². The lowest BCUT2D eigenvalue weighted by molar-refractivity contribution is -0.150. The summed E-state index contributed by atoms with van der Waals surface area (Å²) in [6, 6.07) is 0. The van der Waals surface area contributed by atoms with Crippen molar-refractivity contribution in [1.82, 2.24) is 4.90 Å². The molecular weight excluding hydrogens is 178 g/mol. The largest absolute Gasteiger partial charge is 0.457 e. The van der Waals surface area contributed by atoms with Gasteiger partial charge in [0.05, 0.1) is 5.57 Å². The molecule has 0 radical (unpaired) electrons. The van der Waals surface area contributed by atoms with E-state index in [9.17, 15) is 4.79 Å². The third-order valence-corrected chi connectivity index (χ3v) is 1.70. The van der Waals surface area contributed by atoms with E-state index in [4.69, 9.17) is 4.74 Å². The van der Waals surface area contributed by atoms with Crippen LogP contribution >= 0.6 is 0 Å². The van der Waals surface area contributed by atoms with E-state index in [0.717, 1.165) is 0 Å². The molecule has 0 unspecified atom stereocenters. The van der Waals surface area contributed by atoms with Crippen LogP contribution < -0.4 is 0 Å². The number of hydrogen-bond donors (Lipinski definition) is 0. The predicted octanol–water partition coefficient (Wildman–Crippen LogP) is 2.06. The second-order valence-corrected chi connectivity index (χ2v) is 4.41. The Balaban J connectivity index is 2.62. The van der Waals surface area contributed by atoms with E-state index in [1.54, 1.807) is 6.20 Å². The zero-order chi connectivity index (χ0) is 10.8. The Morgan fingerprint density at radius 1 is 1.50 bits per heavy atom. The Hall–Kier alpha value is -1.25. The first kappa shape index (κ1) is 10.8. The van der Waals surface area contributed by atoms with Gasteiger partial charge in [0.1, 0.15) is 5.60 Å². The topological polar surface area (TPSA) is 29.5 Å². The van der Waals surface area contributed by atoms with Crippen LogP contribution in [0.25, 0.3) is 0 Å². The summed E-state index contributed by atoms with van der Waals surface area (Å²) in [5.41, 5.74) is 0.280. The van der Waals surface area contributed by atoms with Gasteiger partial charge in [-0.2, -0.15) is 0 Å². The zero-order valence-electron chi connectivity index (χ0n) is 9.20. The molecule has 1 aliphatic heterocycles. The highest BCUT2D eigenvalue weighted by molar-refractivity contribution is 5.89. The van der Waals surface area contributed by atoms with Gasteiger partial charge in [-0.15, -0.1) is 0 Å². The summed E-state index contributed by atoms with van der Waals surface area (Å²) in [5, 5.41) is 0. The second kappa shape index (κ2) is 3.86. The lowest BCUT2D eigenvalue weighted by Gasteiger charge is -2.22. The number of carbonyl (C=O) groups excluding carboxylic acids is 1. The van der Waals surface area contributed by atoms with E-state index in [2.05, 4.69) is 0 Å². The molecule has 3 nitrogen and oxygen atoms in total. The summed E-state index contributed by atoms with van der Waals surface area (Å²) in [7, 11) is 1.89. The molecule has 14 heavy (non-hydrogen) atoms. The minimum Gasteiger partial charge on any atom is -0.457 e. The highest BCUT2D eigenvalue weighted by Gasteiger charge is 2.20. The molecule has 0 fully saturated rings. The Morgan fingerprint density at radius 3 is 2.64 bits per heavy atom. The average molecular weight is 195 g/mol.